The van der Waals surface area contributed by atoms with Gasteiger partial charge in [-0.3, -0.25) is 9.59 Å². The van der Waals surface area contributed by atoms with Crippen molar-refractivity contribution >= 4 is 11.7 Å². The highest BCUT2D eigenvalue weighted by molar-refractivity contribution is 5.99. The Kier molecular flexibility index (Phi) is 3.84. The zero-order valence-corrected chi connectivity index (χ0v) is 9.65. The molecule has 0 saturated carbocycles. The summed E-state index contributed by atoms with van der Waals surface area (Å²) in [7, 11) is 1.70. The van der Waals surface area contributed by atoms with Gasteiger partial charge in [-0.2, -0.15) is 0 Å². The molecule has 16 heavy (non-hydrogen) atoms. The Morgan fingerprint density at radius 2 is 2.19 bits per heavy atom. The quantitative estimate of drug-likeness (QED) is 0.724. The number of rotatable bonds is 4. The summed E-state index contributed by atoms with van der Waals surface area (Å²) in [6.45, 7) is 3.04. The van der Waals surface area contributed by atoms with Crippen LogP contribution in [0.5, 0.6) is 0 Å². The molecule has 2 N–H and O–H groups in total. The highest BCUT2D eigenvalue weighted by atomic mass is 16.3. The highest BCUT2D eigenvalue weighted by Crippen LogP contribution is 2.08. The number of amides is 1. The van der Waals surface area contributed by atoms with Crippen LogP contribution in [0.2, 0.25) is 0 Å². The van der Waals surface area contributed by atoms with Crippen molar-refractivity contribution in [2.75, 3.05) is 6.61 Å². The van der Waals surface area contributed by atoms with Crippen molar-refractivity contribution in [1.82, 2.24) is 9.88 Å². The number of carbonyl (C=O) groups excluding carboxylic acids is 2. The maximum absolute atomic E-state index is 11.7. The van der Waals surface area contributed by atoms with Gasteiger partial charge in [0.2, 0.25) is 0 Å². The Hall–Kier alpha value is -1.62. The van der Waals surface area contributed by atoms with Crippen molar-refractivity contribution in [3.8, 4) is 0 Å². The van der Waals surface area contributed by atoms with E-state index < -0.39 is 0 Å². The molecule has 1 aromatic rings. The molecule has 1 amide bonds. The van der Waals surface area contributed by atoms with Gasteiger partial charge in [0.15, 0.2) is 5.78 Å². The minimum absolute atomic E-state index is 0.0788. The van der Waals surface area contributed by atoms with Crippen LogP contribution in [0, 0.1) is 0 Å². The molecular weight excluding hydrogens is 208 g/mol. The lowest BCUT2D eigenvalue weighted by atomic mass is 10.2. The molecule has 0 aliphatic rings. The summed E-state index contributed by atoms with van der Waals surface area (Å²) in [6, 6.07) is 1.24. The number of nitrogens with one attached hydrogen (secondary N) is 1. The first-order valence-corrected chi connectivity index (χ1v) is 5.04. The average molecular weight is 224 g/mol. The van der Waals surface area contributed by atoms with E-state index in [-0.39, 0.29) is 24.3 Å². The van der Waals surface area contributed by atoms with E-state index in [2.05, 4.69) is 5.32 Å². The van der Waals surface area contributed by atoms with Gasteiger partial charge < -0.3 is 15.0 Å². The van der Waals surface area contributed by atoms with Gasteiger partial charge in [-0.25, -0.2) is 0 Å². The van der Waals surface area contributed by atoms with Crippen molar-refractivity contribution in [3.63, 3.8) is 0 Å². The number of hydrogen-bond donors (Lipinski definition) is 2. The summed E-state index contributed by atoms with van der Waals surface area (Å²) >= 11 is 0. The number of ketones is 1. The predicted octanol–water partition coefficient (Wildman–Crippen LogP) is 0.338. The minimum Gasteiger partial charge on any atom is -0.394 e. The molecule has 0 spiro atoms. The molecule has 1 heterocycles. The molecule has 1 rings (SSSR count). The number of carbonyl (C=O) groups is 2. The first kappa shape index (κ1) is 12.4. The van der Waals surface area contributed by atoms with Crippen LogP contribution < -0.4 is 5.32 Å². The first-order valence-electron chi connectivity index (χ1n) is 5.04. The van der Waals surface area contributed by atoms with E-state index in [4.69, 9.17) is 5.11 Å². The van der Waals surface area contributed by atoms with E-state index in [0.29, 0.717) is 11.3 Å². The third kappa shape index (κ3) is 2.70. The largest absolute Gasteiger partial charge is 0.394 e. The summed E-state index contributed by atoms with van der Waals surface area (Å²) in [5.41, 5.74) is 0.912. The van der Waals surface area contributed by atoms with Gasteiger partial charge in [-0.1, -0.05) is 0 Å². The van der Waals surface area contributed by atoms with Crippen molar-refractivity contribution in [2.45, 2.75) is 19.9 Å². The Bertz CT molecular complexity index is 409. The van der Waals surface area contributed by atoms with Gasteiger partial charge >= 0.3 is 0 Å². The molecule has 1 atom stereocenters. The van der Waals surface area contributed by atoms with Gasteiger partial charge in [0, 0.05) is 24.8 Å². The van der Waals surface area contributed by atoms with Crippen LogP contribution in [-0.2, 0) is 7.05 Å². The SMILES string of the molecule is CC(=O)c1cc(C(=O)NC(C)CO)n(C)c1. The van der Waals surface area contributed by atoms with Crippen LogP contribution in [0.1, 0.15) is 34.7 Å². The molecule has 88 valence electrons. The van der Waals surface area contributed by atoms with Crippen LogP contribution in [0.3, 0.4) is 0 Å². The average Bonchev–Trinajstić information content (AvgIpc) is 2.60. The lowest BCUT2D eigenvalue weighted by Crippen LogP contribution is -2.35. The third-order valence-electron chi connectivity index (χ3n) is 2.30. The zero-order valence-electron chi connectivity index (χ0n) is 9.65. The van der Waals surface area contributed by atoms with E-state index in [1.165, 1.54) is 6.92 Å². The number of Topliss-reactive ketones (excluding diaryl/α,β-unsaturated/α-hetero) is 1. The molecule has 5 nitrogen and oxygen atoms in total. The fraction of sp³-hybridized carbons (Fsp3) is 0.455. The molecule has 0 bridgehead atoms. The fourth-order valence-electron chi connectivity index (χ4n) is 1.33. The van der Waals surface area contributed by atoms with Crippen LogP contribution in [0.4, 0.5) is 0 Å². The molecule has 0 aliphatic carbocycles. The summed E-state index contributed by atoms with van der Waals surface area (Å²) < 4.78 is 1.59. The smallest absolute Gasteiger partial charge is 0.268 e. The molecule has 1 aromatic heterocycles. The van der Waals surface area contributed by atoms with E-state index in [1.807, 2.05) is 0 Å². The summed E-state index contributed by atoms with van der Waals surface area (Å²) in [5.74, 6) is -0.374. The van der Waals surface area contributed by atoms with Crippen LogP contribution in [-0.4, -0.2) is 34.0 Å². The third-order valence-corrected chi connectivity index (χ3v) is 2.30. The Balaban J connectivity index is 2.87. The van der Waals surface area contributed by atoms with Crippen molar-refractivity contribution < 1.29 is 14.7 Å². The zero-order chi connectivity index (χ0) is 12.3. The molecular formula is C11H16N2O3. The predicted molar refractivity (Wildman–Crippen MR) is 59.4 cm³/mol. The molecule has 5 heteroatoms. The molecule has 0 saturated heterocycles. The number of aromatic nitrogens is 1. The van der Waals surface area contributed by atoms with Crippen LogP contribution >= 0.6 is 0 Å². The second-order valence-electron chi connectivity index (χ2n) is 3.84. The van der Waals surface area contributed by atoms with Gasteiger partial charge in [-0.05, 0) is 19.9 Å². The normalized spacial score (nSPS) is 12.2. The Labute approximate surface area is 94.1 Å². The molecule has 0 fully saturated rings. The topological polar surface area (TPSA) is 71.3 Å². The lowest BCUT2D eigenvalue weighted by Gasteiger charge is -2.10. The molecule has 0 aliphatic heterocycles. The second-order valence-corrected chi connectivity index (χ2v) is 3.84. The maximum Gasteiger partial charge on any atom is 0.268 e. The molecule has 0 aromatic carbocycles. The van der Waals surface area contributed by atoms with Crippen molar-refractivity contribution in [1.29, 1.82) is 0 Å². The van der Waals surface area contributed by atoms with Crippen LogP contribution in [0.25, 0.3) is 0 Å². The molecule has 1 unspecified atom stereocenters. The monoisotopic (exact) mass is 224 g/mol. The van der Waals surface area contributed by atoms with E-state index in [0.717, 1.165) is 0 Å². The van der Waals surface area contributed by atoms with Gasteiger partial charge in [0.1, 0.15) is 5.69 Å². The summed E-state index contributed by atoms with van der Waals surface area (Å²) in [4.78, 5) is 22.8. The van der Waals surface area contributed by atoms with Crippen LogP contribution in [0.15, 0.2) is 12.3 Å². The number of nitrogens with zero attached hydrogens (tertiary/aromatic N) is 1. The minimum atomic E-state index is -0.303. The lowest BCUT2D eigenvalue weighted by molar-refractivity contribution is 0.0914. The number of hydrogen-bond acceptors (Lipinski definition) is 3. The second kappa shape index (κ2) is 4.94. The van der Waals surface area contributed by atoms with E-state index in [9.17, 15) is 9.59 Å². The number of aryl methyl sites for hydroxylation is 1. The number of aliphatic hydroxyl groups is 1. The standard InChI is InChI=1S/C11H16N2O3/c1-7(6-14)12-11(16)10-4-9(8(2)15)5-13(10)3/h4-5,7,14H,6H2,1-3H3,(H,12,16). The summed E-state index contributed by atoms with van der Waals surface area (Å²) in [6.07, 6.45) is 1.61. The molecule has 0 radical (unpaired) electrons. The number of aliphatic hydroxyl groups excluding tert-OH is 1. The van der Waals surface area contributed by atoms with Gasteiger partial charge in [0.05, 0.1) is 6.61 Å². The van der Waals surface area contributed by atoms with E-state index >= 15 is 0 Å². The first-order chi connectivity index (χ1) is 7.45. The van der Waals surface area contributed by atoms with Crippen molar-refractivity contribution in [3.05, 3.63) is 23.5 Å². The Morgan fingerprint density at radius 1 is 1.56 bits per heavy atom. The van der Waals surface area contributed by atoms with Gasteiger partial charge in [0.25, 0.3) is 5.91 Å². The maximum atomic E-state index is 11.7. The Morgan fingerprint density at radius 3 is 2.62 bits per heavy atom. The van der Waals surface area contributed by atoms with Gasteiger partial charge in [-0.15, -0.1) is 0 Å². The van der Waals surface area contributed by atoms with E-state index in [1.54, 1.807) is 30.8 Å². The fourth-order valence-corrected chi connectivity index (χ4v) is 1.33. The summed E-state index contributed by atoms with van der Waals surface area (Å²) in [5, 5.41) is 11.4. The van der Waals surface area contributed by atoms with Crippen molar-refractivity contribution in [2.24, 2.45) is 7.05 Å². The highest BCUT2D eigenvalue weighted by Gasteiger charge is 2.15.